The second-order valence-electron chi connectivity index (χ2n) is 5.14. The lowest BCUT2D eigenvalue weighted by atomic mass is 10.1. The normalized spacial score (nSPS) is 10.4. The van der Waals surface area contributed by atoms with E-state index in [2.05, 4.69) is 22.5 Å². The minimum absolute atomic E-state index is 0.000493. The van der Waals surface area contributed by atoms with Gasteiger partial charge in [0.25, 0.3) is 0 Å². The van der Waals surface area contributed by atoms with Gasteiger partial charge >= 0.3 is 0 Å². The molecule has 0 aliphatic carbocycles. The molecule has 0 aliphatic heterocycles. The lowest BCUT2D eigenvalue weighted by Crippen LogP contribution is -2.19. The molecule has 1 aromatic carbocycles. The van der Waals surface area contributed by atoms with E-state index in [9.17, 15) is 9.59 Å². The fourth-order valence-corrected chi connectivity index (χ4v) is 3.92. The van der Waals surface area contributed by atoms with Crippen molar-refractivity contribution in [2.45, 2.75) is 30.5 Å². The number of carbonyl (C=O) groups excluding carboxylic acids is 2. The zero-order chi connectivity index (χ0) is 17.4. The molecule has 2 aromatic rings. The quantitative estimate of drug-likeness (QED) is 0.700. The minimum atomic E-state index is -0.0509. The predicted octanol–water partition coefficient (Wildman–Crippen LogP) is 3.78. The summed E-state index contributed by atoms with van der Waals surface area (Å²) in [6, 6.07) is 9.74. The number of anilines is 1. The molecular weight excluding hydrogens is 342 g/mol. The van der Waals surface area contributed by atoms with Crippen molar-refractivity contribution in [2.24, 2.45) is 0 Å². The van der Waals surface area contributed by atoms with Gasteiger partial charge in [0, 0.05) is 19.0 Å². The largest absolute Gasteiger partial charge is 0.358 e. The van der Waals surface area contributed by atoms with Crippen LogP contribution in [0.25, 0.3) is 11.3 Å². The average molecular weight is 364 g/mol. The molecule has 1 aromatic heterocycles. The number of nitrogens with one attached hydrogen (secondary N) is 2. The van der Waals surface area contributed by atoms with Crippen LogP contribution in [0.1, 0.15) is 26.2 Å². The van der Waals surface area contributed by atoms with Crippen LogP contribution in [0, 0.1) is 0 Å². The number of carbonyl (C=O) groups is 2. The number of unbranched alkanes of at least 4 members (excludes halogenated alkanes) is 1. The second-order valence-corrected chi connectivity index (χ2v) is 7.36. The van der Waals surface area contributed by atoms with Crippen molar-refractivity contribution in [2.75, 3.05) is 18.1 Å². The van der Waals surface area contributed by atoms with Gasteiger partial charge < -0.3 is 10.6 Å². The highest BCUT2D eigenvalue weighted by atomic mass is 32.2. The van der Waals surface area contributed by atoms with Crippen LogP contribution in [-0.2, 0) is 9.59 Å². The standard InChI is InChI=1S/C17H21N3O2S2/c1-3-4-10-13(21)19-16-15(12-8-6-5-7-9-12)20-17(24-16)23-11-14(22)18-2/h5-9H,3-4,10-11H2,1-2H3,(H,18,22)(H,19,21). The Morgan fingerprint density at radius 3 is 2.62 bits per heavy atom. The Kier molecular flexibility index (Phi) is 7.27. The smallest absolute Gasteiger partial charge is 0.230 e. The topological polar surface area (TPSA) is 71.1 Å². The Morgan fingerprint density at radius 1 is 1.21 bits per heavy atom. The number of nitrogens with zero attached hydrogens (tertiary/aromatic N) is 1. The van der Waals surface area contributed by atoms with Crippen molar-refractivity contribution in [3.05, 3.63) is 30.3 Å². The summed E-state index contributed by atoms with van der Waals surface area (Å²) in [5.41, 5.74) is 1.70. The third kappa shape index (κ3) is 5.35. The molecule has 5 nitrogen and oxygen atoms in total. The molecule has 128 valence electrons. The Bertz CT molecular complexity index is 686. The average Bonchev–Trinajstić information content (AvgIpc) is 3.01. The van der Waals surface area contributed by atoms with Crippen molar-refractivity contribution in [3.8, 4) is 11.3 Å². The lowest BCUT2D eigenvalue weighted by Gasteiger charge is -2.04. The van der Waals surface area contributed by atoms with Crippen LogP contribution in [0.2, 0.25) is 0 Å². The molecule has 1 heterocycles. The summed E-state index contributed by atoms with van der Waals surface area (Å²) in [7, 11) is 1.61. The molecule has 0 bridgehead atoms. The van der Waals surface area contributed by atoms with Crippen molar-refractivity contribution < 1.29 is 9.59 Å². The van der Waals surface area contributed by atoms with Gasteiger partial charge in [0.2, 0.25) is 11.8 Å². The molecule has 0 atom stereocenters. The van der Waals surface area contributed by atoms with Crippen LogP contribution >= 0.6 is 23.1 Å². The molecule has 2 rings (SSSR count). The van der Waals surface area contributed by atoms with E-state index in [-0.39, 0.29) is 11.8 Å². The molecule has 24 heavy (non-hydrogen) atoms. The van der Waals surface area contributed by atoms with E-state index in [1.54, 1.807) is 7.05 Å². The third-order valence-corrected chi connectivity index (χ3v) is 5.38. The van der Waals surface area contributed by atoms with E-state index in [0.29, 0.717) is 12.2 Å². The van der Waals surface area contributed by atoms with Gasteiger partial charge in [0.05, 0.1) is 5.75 Å². The highest BCUT2D eigenvalue weighted by molar-refractivity contribution is 8.01. The minimum Gasteiger partial charge on any atom is -0.358 e. The van der Waals surface area contributed by atoms with E-state index in [4.69, 9.17) is 0 Å². The highest BCUT2D eigenvalue weighted by Gasteiger charge is 2.16. The number of hydrogen-bond acceptors (Lipinski definition) is 5. The van der Waals surface area contributed by atoms with Gasteiger partial charge in [0.15, 0.2) is 4.34 Å². The fourth-order valence-electron chi connectivity index (χ4n) is 1.96. The van der Waals surface area contributed by atoms with Crippen LogP contribution < -0.4 is 10.6 Å². The van der Waals surface area contributed by atoms with Crippen molar-refractivity contribution in [3.63, 3.8) is 0 Å². The zero-order valence-corrected chi connectivity index (χ0v) is 15.4. The summed E-state index contributed by atoms with van der Waals surface area (Å²) in [6.07, 6.45) is 2.35. The van der Waals surface area contributed by atoms with Gasteiger partial charge in [-0.1, -0.05) is 66.8 Å². The van der Waals surface area contributed by atoms with Crippen LogP contribution in [0.15, 0.2) is 34.7 Å². The molecule has 0 saturated carbocycles. The van der Waals surface area contributed by atoms with Crippen molar-refractivity contribution >= 4 is 39.9 Å². The number of thioether (sulfide) groups is 1. The number of hydrogen-bond donors (Lipinski definition) is 2. The first-order valence-electron chi connectivity index (χ1n) is 7.83. The summed E-state index contributed by atoms with van der Waals surface area (Å²) < 4.78 is 0.767. The van der Waals surface area contributed by atoms with E-state index in [0.717, 1.165) is 33.4 Å². The Labute approximate surface area is 150 Å². The monoisotopic (exact) mass is 363 g/mol. The van der Waals surface area contributed by atoms with Gasteiger partial charge in [-0.15, -0.1) is 0 Å². The van der Waals surface area contributed by atoms with Gasteiger partial charge in [-0.25, -0.2) is 4.98 Å². The predicted molar refractivity (Wildman–Crippen MR) is 100 cm³/mol. The molecule has 0 spiro atoms. The lowest BCUT2D eigenvalue weighted by molar-refractivity contribution is -0.118. The van der Waals surface area contributed by atoms with E-state index < -0.39 is 0 Å². The van der Waals surface area contributed by atoms with Gasteiger partial charge in [-0.2, -0.15) is 0 Å². The molecule has 0 radical (unpaired) electrons. The van der Waals surface area contributed by atoms with Crippen molar-refractivity contribution in [1.82, 2.24) is 10.3 Å². The van der Waals surface area contributed by atoms with Crippen LogP contribution in [-0.4, -0.2) is 29.6 Å². The Hall–Kier alpha value is -1.86. The molecule has 0 aliphatic rings. The van der Waals surface area contributed by atoms with Crippen molar-refractivity contribution in [1.29, 1.82) is 0 Å². The first-order chi connectivity index (χ1) is 11.6. The number of aromatic nitrogens is 1. The van der Waals surface area contributed by atoms with E-state index in [1.165, 1.54) is 23.1 Å². The zero-order valence-electron chi connectivity index (χ0n) is 13.8. The van der Waals surface area contributed by atoms with E-state index in [1.807, 2.05) is 30.3 Å². The summed E-state index contributed by atoms with van der Waals surface area (Å²) in [4.78, 5) is 28.1. The van der Waals surface area contributed by atoms with Gasteiger partial charge in [-0.05, 0) is 6.42 Å². The van der Waals surface area contributed by atoms with E-state index >= 15 is 0 Å². The maximum absolute atomic E-state index is 12.1. The van der Waals surface area contributed by atoms with Gasteiger partial charge in [0.1, 0.15) is 10.7 Å². The SMILES string of the molecule is CCCCC(=O)Nc1sc(SCC(=O)NC)nc1-c1ccccc1. The van der Waals surface area contributed by atoms with Crippen LogP contribution in [0.3, 0.4) is 0 Å². The number of rotatable bonds is 8. The summed E-state index contributed by atoms with van der Waals surface area (Å²) in [6.45, 7) is 2.06. The molecule has 0 unspecified atom stereocenters. The summed E-state index contributed by atoms with van der Waals surface area (Å²) in [5.74, 6) is 0.257. The molecular formula is C17H21N3O2S2. The van der Waals surface area contributed by atoms with Crippen LogP contribution in [0.5, 0.6) is 0 Å². The number of thiazole rings is 1. The fraction of sp³-hybridized carbons (Fsp3) is 0.353. The molecule has 7 heteroatoms. The first kappa shape index (κ1) is 18.5. The molecule has 2 N–H and O–H groups in total. The Morgan fingerprint density at radius 2 is 1.96 bits per heavy atom. The molecule has 0 fully saturated rings. The molecule has 2 amide bonds. The Balaban J connectivity index is 2.20. The first-order valence-corrected chi connectivity index (χ1v) is 9.63. The molecule has 0 saturated heterocycles. The number of amides is 2. The maximum Gasteiger partial charge on any atom is 0.230 e. The van der Waals surface area contributed by atoms with Crippen LogP contribution in [0.4, 0.5) is 5.00 Å². The van der Waals surface area contributed by atoms with Gasteiger partial charge in [-0.3, -0.25) is 9.59 Å². The summed E-state index contributed by atoms with van der Waals surface area (Å²) >= 11 is 2.78. The second kappa shape index (κ2) is 9.44. The third-order valence-electron chi connectivity index (χ3n) is 3.27. The summed E-state index contributed by atoms with van der Waals surface area (Å²) in [5, 5.41) is 6.30. The maximum atomic E-state index is 12.1. The highest BCUT2D eigenvalue weighted by Crippen LogP contribution is 2.37. The number of benzene rings is 1.